The Morgan fingerprint density at radius 1 is 1.78 bits per heavy atom. The van der Waals surface area contributed by atoms with Gasteiger partial charge in [0.2, 0.25) is 0 Å². The van der Waals surface area contributed by atoms with Gasteiger partial charge in [0, 0.05) is 0 Å². The van der Waals surface area contributed by atoms with Crippen molar-refractivity contribution in [3.63, 3.8) is 0 Å². The van der Waals surface area contributed by atoms with Crippen LogP contribution in [0.4, 0.5) is 0 Å². The molecule has 1 radical (unpaired) electrons. The van der Waals surface area contributed by atoms with Gasteiger partial charge in [-0.1, -0.05) is 0 Å². The molecule has 53 valence electrons. The van der Waals surface area contributed by atoms with Gasteiger partial charge in [0.1, 0.15) is 0 Å². The van der Waals surface area contributed by atoms with E-state index in [1.165, 1.54) is 0 Å². The Balaban J connectivity index is 3.27. The molecule has 1 atom stereocenters. The molecular weight excluding hydrogens is 181 g/mol. The molecule has 0 rings (SSSR count). The van der Waals surface area contributed by atoms with Gasteiger partial charge in [0.05, 0.1) is 0 Å². The Kier molecular flexibility index (Phi) is 5.06. The van der Waals surface area contributed by atoms with Crippen molar-refractivity contribution in [2.24, 2.45) is 5.73 Å². The summed E-state index contributed by atoms with van der Waals surface area (Å²) in [5.41, 5.74) is 5.42. The maximum atomic E-state index is 10.5. The second-order valence-corrected chi connectivity index (χ2v) is 2.91. The summed E-state index contributed by atoms with van der Waals surface area (Å²) in [7, 11) is 0. The molecule has 0 aromatic rings. The molecule has 3 heteroatoms. The van der Waals surface area contributed by atoms with Crippen LogP contribution in [-0.4, -0.2) is 26.7 Å². The van der Waals surface area contributed by atoms with Gasteiger partial charge in [-0.25, -0.2) is 0 Å². The fourth-order valence-electron chi connectivity index (χ4n) is 0.542. The van der Waals surface area contributed by atoms with Crippen LogP contribution in [0.15, 0.2) is 0 Å². The molecule has 2 nitrogen and oxygen atoms in total. The molecule has 0 fully saturated rings. The van der Waals surface area contributed by atoms with Crippen molar-refractivity contribution in [3.8, 4) is 0 Å². The van der Waals surface area contributed by atoms with Gasteiger partial charge in [0.15, 0.2) is 0 Å². The quantitative estimate of drug-likeness (QED) is 0.648. The van der Waals surface area contributed by atoms with Crippen LogP contribution in [0.3, 0.4) is 0 Å². The van der Waals surface area contributed by atoms with Gasteiger partial charge in [-0.3, -0.25) is 0 Å². The number of carbonyl (C=O) groups is 1. The van der Waals surface area contributed by atoms with Crippen molar-refractivity contribution in [1.82, 2.24) is 0 Å². The summed E-state index contributed by atoms with van der Waals surface area (Å²) in [6.07, 6.45) is 2.94. The van der Waals surface area contributed by atoms with Crippen LogP contribution in [0.5, 0.6) is 0 Å². The SMILES string of the molecule is CCCCC(N)C(=O)[Se]. The molecule has 9 heavy (non-hydrogen) atoms. The van der Waals surface area contributed by atoms with Gasteiger partial charge in [-0.05, 0) is 0 Å². The first-order valence-electron chi connectivity index (χ1n) is 3.15. The van der Waals surface area contributed by atoms with Crippen LogP contribution in [0, 0.1) is 0 Å². The van der Waals surface area contributed by atoms with Crippen LogP contribution in [0.25, 0.3) is 0 Å². The second kappa shape index (κ2) is 4.98. The summed E-state index contributed by atoms with van der Waals surface area (Å²) in [6, 6.07) is -0.273. The van der Waals surface area contributed by atoms with Crippen LogP contribution < -0.4 is 5.73 Å². The fourth-order valence-corrected chi connectivity index (χ4v) is 0.789. The second-order valence-electron chi connectivity index (χ2n) is 2.07. The van der Waals surface area contributed by atoms with E-state index in [1.807, 2.05) is 0 Å². The van der Waals surface area contributed by atoms with Crippen molar-refractivity contribution >= 4 is 20.7 Å². The van der Waals surface area contributed by atoms with Gasteiger partial charge in [0.25, 0.3) is 0 Å². The van der Waals surface area contributed by atoms with E-state index in [0.717, 1.165) is 19.3 Å². The predicted octanol–water partition coefficient (Wildman–Crippen LogP) is 0.199. The average molecular weight is 193 g/mol. The van der Waals surface area contributed by atoms with Crippen LogP contribution >= 0.6 is 0 Å². The standard InChI is InChI=1S/C6H12NOSe/c1-2-3-4-5(7)6(8)9/h5H,2-4,7H2,1H3. The number of hydrogen-bond acceptors (Lipinski definition) is 2. The minimum absolute atomic E-state index is 0.0246. The summed E-state index contributed by atoms with van der Waals surface area (Å²) in [5, 5.41) is 0. The first-order valence-corrected chi connectivity index (χ1v) is 4.00. The Morgan fingerprint density at radius 3 is 2.67 bits per heavy atom. The Labute approximate surface area is 64.0 Å². The van der Waals surface area contributed by atoms with Gasteiger partial charge in [-0.2, -0.15) is 0 Å². The average Bonchev–Trinajstić information content (AvgIpc) is 1.82. The zero-order chi connectivity index (χ0) is 7.28. The molecule has 0 aliphatic rings. The number of unbranched alkanes of at least 4 members (excludes halogenated alkanes) is 1. The van der Waals surface area contributed by atoms with Crippen molar-refractivity contribution in [2.75, 3.05) is 0 Å². The Hall–Kier alpha value is 0.149. The summed E-state index contributed by atoms with van der Waals surface area (Å²) >= 11 is 2.38. The first-order chi connectivity index (χ1) is 4.18. The van der Waals surface area contributed by atoms with Gasteiger partial charge in [-0.15, -0.1) is 0 Å². The molecule has 0 saturated carbocycles. The van der Waals surface area contributed by atoms with Crippen LogP contribution in [0.2, 0.25) is 0 Å². The fraction of sp³-hybridized carbons (Fsp3) is 0.833. The Morgan fingerprint density at radius 2 is 2.33 bits per heavy atom. The summed E-state index contributed by atoms with van der Waals surface area (Å²) in [4.78, 5) is 10.5. The summed E-state index contributed by atoms with van der Waals surface area (Å²) in [5.74, 6) is 0. The zero-order valence-electron chi connectivity index (χ0n) is 5.59. The first kappa shape index (κ1) is 9.15. The van der Waals surface area contributed by atoms with Crippen molar-refractivity contribution < 1.29 is 4.79 Å². The van der Waals surface area contributed by atoms with Gasteiger partial charge < -0.3 is 0 Å². The molecule has 0 saturated heterocycles. The van der Waals surface area contributed by atoms with E-state index in [-0.39, 0.29) is 10.7 Å². The van der Waals surface area contributed by atoms with E-state index < -0.39 is 0 Å². The van der Waals surface area contributed by atoms with E-state index in [2.05, 4.69) is 22.9 Å². The van der Waals surface area contributed by atoms with Crippen molar-refractivity contribution in [1.29, 1.82) is 0 Å². The van der Waals surface area contributed by atoms with E-state index in [4.69, 9.17) is 5.73 Å². The molecule has 1 unspecified atom stereocenters. The third-order valence-corrected chi connectivity index (χ3v) is 1.81. The number of hydrogen-bond donors (Lipinski definition) is 1. The monoisotopic (exact) mass is 194 g/mol. The molecule has 0 heterocycles. The predicted molar refractivity (Wildman–Crippen MR) is 38.3 cm³/mol. The third-order valence-electron chi connectivity index (χ3n) is 1.17. The minimum atomic E-state index is -0.273. The van der Waals surface area contributed by atoms with E-state index in [1.54, 1.807) is 0 Å². The Bertz CT molecular complexity index is 95.1. The summed E-state index contributed by atoms with van der Waals surface area (Å²) < 4.78 is -0.0246. The molecule has 0 amide bonds. The summed E-state index contributed by atoms with van der Waals surface area (Å²) in [6.45, 7) is 2.08. The number of rotatable bonds is 4. The van der Waals surface area contributed by atoms with E-state index in [0.29, 0.717) is 0 Å². The molecule has 0 aliphatic carbocycles. The molecule has 0 aliphatic heterocycles. The zero-order valence-corrected chi connectivity index (χ0v) is 7.31. The van der Waals surface area contributed by atoms with Crippen LogP contribution in [0.1, 0.15) is 26.2 Å². The third kappa shape index (κ3) is 4.64. The molecule has 0 aromatic heterocycles. The molecule has 0 aromatic carbocycles. The number of carbonyl (C=O) groups excluding carboxylic acids is 1. The van der Waals surface area contributed by atoms with Gasteiger partial charge >= 0.3 is 63.5 Å². The maximum absolute atomic E-state index is 10.5. The van der Waals surface area contributed by atoms with E-state index >= 15 is 0 Å². The number of nitrogens with two attached hydrogens (primary N) is 1. The molecule has 0 spiro atoms. The van der Waals surface area contributed by atoms with Crippen LogP contribution in [-0.2, 0) is 4.79 Å². The molecular formula is C6H12NOSe. The van der Waals surface area contributed by atoms with Crippen molar-refractivity contribution in [3.05, 3.63) is 0 Å². The topological polar surface area (TPSA) is 43.1 Å². The molecule has 2 N–H and O–H groups in total. The van der Waals surface area contributed by atoms with Crippen molar-refractivity contribution in [2.45, 2.75) is 32.2 Å². The normalized spacial score (nSPS) is 13.1. The van der Waals surface area contributed by atoms with E-state index in [9.17, 15) is 4.79 Å². The molecule has 0 bridgehead atoms.